The van der Waals surface area contributed by atoms with E-state index in [4.69, 9.17) is 4.74 Å². The van der Waals surface area contributed by atoms with Gasteiger partial charge >= 0.3 is 11.9 Å². The quantitative estimate of drug-likeness (QED) is 0.0619. The predicted octanol–water partition coefficient (Wildman–Crippen LogP) is 10.2. The van der Waals surface area contributed by atoms with Crippen LogP contribution in [0.25, 0.3) is 48.1 Å². The lowest BCUT2D eigenvalue weighted by Gasteiger charge is -2.08. The van der Waals surface area contributed by atoms with Crippen LogP contribution < -0.4 is 4.74 Å². The Balaban J connectivity index is 1.02. The maximum atomic E-state index is 12.9. The van der Waals surface area contributed by atoms with Crippen molar-refractivity contribution in [2.45, 2.75) is 45.6 Å². The lowest BCUT2D eigenvalue weighted by atomic mass is 10.0. The summed E-state index contributed by atoms with van der Waals surface area (Å²) in [5.74, 6) is -2.47. The largest absolute Gasteiger partial charge is 0.494 e. The number of rotatable bonds is 15. The molecule has 50 heavy (non-hydrogen) atoms. The summed E-state index contributed by atoms with van der Waals surface area (Å²) in [6.07, 6.45) is 4.71. The molecular formula is C40H34N2O6S2. The number of aromatic nitrogens is 1. The van der Waals surface area contributed by atoms with Gasteiger partial charge in [0.05, 0.1) is 23.3 Å². The first-order chi connectivity index (χ1) is 24.2. The number of nitriles is 1. The Hall–Kier alpha value is -5.50. The molecule has 0 saturated heterocycles. The molecule has 6 aromatic rings. The molecule has 0 radical (unpaired) electrons. The van der Waals surface area contributed by atoms with E-state index in [1.165, 1.54) is 44.4 Å². The second-order valence-corrected chi connectivity index (χ2v) is 14.0. The summed E-state index contributed by atoms with van der Waals surface area (Å²) >= 11 is 3.28. The van der Waals surface area contributed by atoms with Crippen LogP contribution in [0.4, 0.5) is 0 Å². The molecule has 0 spiro atoms. The van der Waals surface area contributed by atoms with Crippen molar-refractivity contribution in [3.63, 3.8) is 0 Å². The summed E-state index contributed by atoms with van der Waals surface area (Å²) in [5, 5.41) is 30.7. The van der Waals surface area contributed by atoms with E-state index in [1.807, 2.05) is 12.1 Å². The number of fused-ring (bicyclic) bond motifs is 3. The molecule has 8 nitrogen and oxygen atoms in total. The Morgan fingerprint density at radius 1 is 0.780 bits per heavy atom. The van der Waals surface area contributed by atoms with Crippen LogP contribution in [0.2, 0.25) is 0 Å². The van der Waals surface area contributed by atoms with Gasteiger partial charge in [0.25, 0.3) is 0 Å². The van der Waals surface area contributed by atoms with Gasteiger partial charge in [-0.3, -0.25) is 4.79 Å². The number of thiophene rings is 2. The van der Waals surface area contributed by atoms with E-state index < -0.39 is 11.9 Å². The molecular weight excluding hydrogens is 669 g/mol. The zero-order valence-electron chi connectivity index (χ0n) is 27.3. The Bertz CT molecular complexity index is 2270. The molecule has 0 aliphatic heterocycles. The summed E-state index contributed by atoms with van der Waals surface area (Å²) in [4.78, 5) is 39.6. The van der Waals surface area contributed by atoms with Gasteiger partial charge in [0.1, 0.15) is 11.8 Å². The van der Waals surface area contributed by atoms with Crippen molar-refractivity contribution in [1.82, 2.24) is 4.57 Å². The van der Waals surface area contributed by atoms with Gasteiger partial charge in [-0.05, 0) is 92.1 Å². The van der Waals surface area contributed by atoms with Crippen LogP contribution in [-0.2, 0) is 11.3 Å². The predicted molar refractivity (Wildman–Crippen MR) is 199 cm³/mol. The molecule has 252 valence electrons. The number of ketones is 1. The van der Waals surface area contributed by atoms with Gasteiger partial charge in [0, 0.05) is 54.3 Å². The average molecular weight is 703 g/mol. The van der Waals surface area contributed by atoms with E-state index in [2.05, 4.69) is 72.2 Å². The fraction of sp³-hybridized carbons (Fsp3) is 0.200. The highest BCUT2D eigenvalue weighted by molar-refractivity contribution is 7.24. The van der Waals surface area contributed by atoms with Gasteiger partial charge < -0.3 is 19.5 Å². The smallest absolute Gasteiger partial charge is 0.335 e. The fourth-order valence-electron chi connectivity index (χ4n) is 6.05. The number of nitrogens with zero attached hydrogens (tertiary/aromatic N) is 2. The Morgan fingerprint density at radius 3 is 2.20 bits per heavy atom. The molecule has 10 heteroatoms. The zero-order chi connectivity index (χ0) is 35.2. The number of carbonyl (C=O) groups is 3. The molecule has 3 aromatic heterocycles. The minimum Gasteiger partial charge on any atom is -0.494 e. The van der Waals surface area contributed by atoms with E-state index in [1.54, 1.807) is 28.7 Å². The SMILES string of the molecule is CCn1c2ccccc2c2cc(-c3ccc(-c4ccc(/C=C(\C#N)C(=O)CCCCCCOc5cc(C(=O)O)cc(C(=O)O)c5)s4)s3)ccc21. The summed E-state index contributed by atoms with van der Waals surface area (Å²) in [7, 11) is 0. The average Bonchev–Trinajstić information content (AvgIpc) is 3.87. The number of carboxylic acids is 2. The molecule has 0 atom stereocenters. The van der Waals surface area contributed by atoms with Crippen molar-refractivity contribution >= 4 is 68.3 Å². The normalized spacial score (nSPS) is 11.6. The Kier molecular flexibility index (Phi) is 10.6. The summed E-state index contributed by atoms with van der Waals surface area (Å²) in [5.41, 5.74) is 3.49. The Morgan fingerprint density at radius 2 is 1.46 bits per heavy atom. The maximum Gasteiger partial charge on any atom is 0.335 e. The van der Waals surface area contributed by atoms with E-state index in [-0.39, 0.29) is 41.3 Å². The molecule has 0 unspecified atom stereocenters. The van der Waals surface area contributed by atoms with Crippen molar-refractivity contribution in [2.24, 2.45) is 0 Å². The van der Waals surface area contributed by atoms with Crippen molar-refractivity contribution in [2.75, 3.05) is 6.61 Å². The zero-order valence-corrected chi connectivity index (χ0v) is 29.0. The van der Waals surface area contributed by atoms with Crippen LogP contribution in [0, 0.1) is 11.3 Å². The lowest BCUT2D eigenvalue weighted by Crippen LogP contribution is -2.05. The van der Waals surface area contributed by atoms with Crippen LogP contribution in [0.5, 0.6) is 5.75 Å². The molecule has 6 rings (SSSR count). The number of hydrogen-bond donors (Lipinski definition) is 2. The first kappa shape index (κ1) is 34.4. The van der Waals surface area contributed by atoms with Gasteiger partial charge in [-0.15, -0.1) is 22.7 Å². The summed E-state index contributed by atoms with van der Waals surface area (Å²) in [6.45, 7) is 3.36. The molecule has 0 fully saturated rings. The standard InChI is InChI=1S/C40H34N2O6S2/c1-2-42-33-10-7-6-9-31(33)32-23-25(12-14-34(32)42)36-16-17-38(50-36)37-15-13-30(49-37)22-28(24-41)35(43)11-5-3-4-8-18-48-29-20-26(39(44)45)19-27(21-29)40(46)47/h6-7,9-10,12-17,19-23H,2-5,8,11,18H2,1H3,(H,44,45)(H,46,47)/b28-22+. The highest BCUT2D eigenvalue weighted by Gasteiger charge is 2.15. The van der Waals surface area contributed by atoms with Crippen molar-refractivity contribution in [3.8, 4) is 32.0 Å². The van der Waals surface area contributed by atoms with Gasteiger partial charge in [-0.1, -0.05) is 37.1 Å². The number of allylic oxidation sites excluding steroid dienone is 1. The number of para-hydroxylation sites is 1. The third-order valence-corrected chi connectivity index (χ3v) is 10.9. The first-order valence-electron chi connectivity index (χ1n) is 16.4. The molecule has 0 bridgehead atoms. The van der Waals surface area contributed by atoms with Gasteiger partial charge in [0.15, 0.2) is 5.78 Å². The molecule has 0 amide bonds. The highest BCUT2D eigenvalue weighted by atomic mass is 32.1. The number of benzene rings is 3. The van der Waals surface area contributed by atoms with E-state index in [0.29, 0.717) is 12.8 Å². The fourth-order valence-corrected chi connectivity index (χ4v) is 8.09. The van der Waals surface area contributed by atoms with Crippen LogP contribution in [0.3, 0.4) is 0 Å². The second-order valence-electron chi connectivity index (χ2n) is 11.8. The minimum absolute atomic E-state index is 0.140. The third kappa shape index (κ3) is 7.54. The van der Waals surface area contributed by atoms with Crippen molar-refractivity contribution < 1.29 is 29.3 Å². The van der Waals surface area contributed by atoms with E-state index in [0.717, 1.165) is 40.1 Å². The maximum absolute atomic E-state index is 12.9. The van der Waals surface area contributed by atoms with Crippen LogP contribution in [0.15, 0.2) is 90.5 Å². The monoisotopic (exact) mass is 702 g/mol. The molecule has 3 heterocycles. The summed E-state index contributed by atoms with van der Waals surface area (Å²) in [6, 6.07) is 29.2. The number of ether oxygens (including phenoxy) is 1. The first-order valence-corrected chi connectivity index (χ1v) is 18.0. The molecule has 3 aromatic carbocycles. The van der Waals surface area contributed by atoms with Gasteiger partial charge in [0.2, 0.25) is 0 Å². The van der Waals surface area contributed by atoms with Gasteiger partial charge in [-0.25, -0.2) is 9.59 Å². The number of carbonyl (C=O) groups excluding carboxylic acids is 1. The number of Topliss-reactive ketones (excluding diaryl/α,β-unsaturated/α-hetero) is 1. The number of aromatic carboxylic acids is 2. The van der Waals surface area contributed by atoms with Crippen molar-refractivity contribution in [3.05, 3.63) is 107 Å². The topological polar surface area (TPSA) is 130 Å². The number of hydrogen-bond acceptors (Lipinski definition) is 7. The molecule has 2 N–H and O–H groups in total. The molecule has 0 aliphatic rings. The minimum atomic E-state index is -1.23. The van der Waals surface area contributed by atoms with Crippen LogP contribution in [-0.4, -0.2) is 39.1 Å². The Labute approximate surface area is 297 Å². The second kappa shape index (κ2) is 15.4. The summed E-state index contributed by atoms with van der Waals surface area (Å²) < 4.78 is 7.93. The van der Waals surface area contributed by atoms with E-state index in [9.17, 15) is 29.9 Å². The van der Waals surface area contributed by atoms with Crippen molar-refractivity contribution in [1.29, 1.82) is 5.26 Å². The third-order valence-electron chi connectivity index (χ3n) is 8.52. The van der Waals surface area contributed by atoms with Gasteiger partial charge in [-0.2, -0.15) is 5.26 Å². The number of unbranched alkanes of at least 4 members (excludes halogenated alkanes) is 3. The van der Waals surface area contributed by atoms with E-state index >= 15 is 0 Å². The highest BCUT2D eigenvalue weighted by Crippen LogP contribution is 2.40. The lowest BCUT2D eigenvalue weighted by molar-refractivity contribution is -0.115. The molecule has 0 aliphatic carbocycles. The number of carboxylic acid groups (broad SMARTS) is 2. The van der Waals surface area contributed by atoms with Crippen LogP contribution >= 0.6 is 22.7 Å². The number of aryl methyl sites for hydroxylation is 1. The molecule has 0 saturated carbocycles. The van der Waals surface area contributed by atoms with Crippen LogP contribution in [0.1, 0.15) is 64.6 Å².